The van der Waals surface area contributed by atoms with Crippen LogP contribution in [0.25, 0.3) is 0 Å². The Hall–Kier alpha value is -2.78. The minimum atomic E-state index is -0.531. The van der Waals surface area contributed by atoms with E-state index in [1.165, 1.54) is 24.1 Å². The molecule has 1 aromatic heterocycles. The standard InChI is InChI=1S/C22H22Cl3N7O/c1-31-6-8-32(9-7-31)15-4-2-14(3-5-15)28-20-12-21(27-13-26-20)30-22(33)29-19-11-17(24)16(23)10-18(19)25/h2-5,10-13H,6-9H2,1H3,(H3,26,27,28,29,30,33). The van der Waals surface area contributed by atoms with Crippen LogP contribution in [0.15, 0.2) is 48.8 Å². The highest BCUT2D eigenvalue weighted by molar-refractivity contribution is 6.44. The van der Waals surface area contributed by atoms with Crippen molar-refractivity contribution in [1.82, 2.24) is 14.9 Å². The fraction of sp³-hybridized carbons (Fsp3) is 0.227. The van der Waals surface area contributed by atoms with Crippen molar-refractivity contribution in [1.29, 1.82) is 0 Å². The molecule has 0 saturated carbocycles. The van der Waals surface area contributed by atoms with Crippen molar-refractivity contribution in [2.75, 3.05) is 54.1 Å². The summed E-state index contributed by atoms with van der Waals surface area (Å²) in [6, 6.07) is 12.2. The highest BCUT2D eigenvalue weighted by atomic mass is 35.5. The molecule has 2 heterocycles. The predicted molar refractivity (Wildman–Crippen MR) is 136 cm³/mol. The lowest BCUT2D eigenvalue weighted by atomic mass is 10.2. The molecule has 33 heavy (non-hydrogen) atoms. The van der Waals surface area contributed by atoms with E-state index in [0.717, 1.165) is 31.9 Å². The Kier molecular flexibility index (Phi) is 7.39. The number of carbonyl (C=O) groups is 1. The second-order valence-corrected chi connectivity index (χ2v) is 8.80. The molecule has 3 N–H and O–H groups in total. The van der Waals surface area contributed by atoms with Gasteiger partial charge in [0.1, 0.15) is 18.0 Å². The van der Waals surface area contributed by atoms with E-state index in [4.69, 9.17) is 34.8 Å². The van der Waals surface area contributed by atoms with Crippen LogP contribution in [0, 0.1) is 0 Å². The summed E-state index contributed by atoms with van der Waals surface area (Å²) >= 11 is 18.0. The van der Waals surface area contributed by atoms with E-state index in [2.05, 4.69) is 54.9 Å². The van der Waals surface area contributed by atoms with E-state index < -0.39 is 6.03 Å². The maximum absolute atomic E-state index is 12.4. The third-order valence-corrected chi connectivity index (χ3v) is 6.21. The summed E-state index contributed by atoms with van der Waals surface area (Å²) in [5.41, 5.74) is 2.40. The molecule has 0 bridgehead atoms. The number of carbonyl (C=O) groups excluding carboxylic acids is 1. The van der Waals surface area contributed by atoms with Gasteiger partial charge in [-0.15, -0.1) is 0 Å². The Morgan fingerprint density at radius 3 is 2.24 bits per heavy atom. The Labute approximate surface area is 206 Å². The third-order valence-electron chi connectivity index (χ3n) is 5.17. The molecular weight excluding hydrogens is 485 g/mol. The zero-order valence-electron chi connectivity index (χ0n) is 17.8. The molecule has 1 aliphatic heterocycles. The van der Waals surface area contributed by atoms with Crippen LogP contribution in [0.1, 0.15) is 0 Å². The molecule has 0 aliphatic carbocycles. The lowest BCUT2D eigenvalue weighted by molar-refractivity contribution is 0.262. The van der Waals surface area contributed by atoms with Crippen LogP contribution < -0.4 is 20.9 Å². The van der Waals surface area contributed by atoms with Gasteiger partial charge < -0.3 is 20.4 Å². The van der Waals surface area contributed by atoms with Crippen LogP contribution in [0.4, 0.5) is 33.5 Å². The molecule has 2 amide bonds. The number of aromatic nitrogens is 2. The summed E-state index contributed by atoms with van der Waals surface area (Å²) in [6.45, 7) is 4.14. The molecule has 2 aromatic carbocycles. The average molecular weight is 507 g/mol. The summed E-state index contributed by atoms with van der Waals surface area (Å²) in [5, 5.41) is 9.34. The first kappa shape index (κ1) is 23.4. The molecule has 11 heteroatoms. The van der Waals surface area contributed by atoms with E-state index in [1.807, 2.05) is 12.1 Å². The van der Waals surface area contributed by atoms with Crippen LogP contribution in [0.3, 0.4) is 0 Å². The maximum atomic E-state index is 12.4. The minimum Gasteiger partial charge on any atom is -0.369 e. The third kappa shape index (κ3) is 6.17. The van der Waals surface area contributed by atoms with Gasteiger partial charge in [0.15, 0.2) is 0 Å². The lowest BCUT2D eigenvalue weighted by Gasteiger charge is -2.34. The molecule has 1 saturated heterocycles. The quantitative estimate of drug-likeness (QED) is 0.392. The summed E-state index contributed by atoms with van der Waals surface area (Å²) in [4.78, 5) is 25.4. The van der Waals surface area contributed by atoms with Crippen molar-refractivity contribution in [2.45, 2.75) is 0 Å². The van der Waals surface area contributed by atoms with Gasteiger partial charge in [-0.05, 0) is 43.4 Å². The monoisotopic (exact) mass is 505 g/mol. The number of halogens is 3. The van der Waals surface area contributed by atoms with Crippen molar-refractivity contribution in [2.24, 2.45) is 0 Å². The topological polar surface area (TPSA) is 85.4 Å². The molecule has 0 spiro atoms. The number of anilines is 5. The van der Waals surface area contributed by atoms with Gasteiger partial charge in [-0.25, -0.2) is 14.8 Å². The number of likely N-dealkylation sites (N-methyl/N-ethyl adjacent to an activating group) is 1. The summed E-state index contributed by atoms with van der Waals surface area (Å²) < 4.78 is 0. The van der Waals surface area contributed by atoms with Crippen LogP contribution in [0.5, 0.6) is 0 Å². The lowest BCUT2D eigenvalue weighted by Crippen LogP contribution is -2.44. The van der Waals surface area contributed by atoms with Crippen LogP contribution in [-0.4, -0.2) is 54.1 Å². The van der Waals surface area contributed by atoms with Crippen molar-refractivity contribution in [3.8, 4) is 0 Å². The molecule has 172 valence electrons. The SMILES string of the molecule is CN1CCN(c2ccc(Nc3cc(NC(=O)Nc4cc(Cl)c(Cl)cc4Cl)ncn3)cc2)CC1. The van der Waals surface area contributed by atoms with Crippen molar-refractivity contribution in [3.05, 3.63) is 63.9 Å². The van der Waals surface area contributed by atoms with Crippen LogP contribution in [0.2, 0.25) is 15.1 Å². The molecule has 0 unspecified atom stereocenters. The number of benzene rings is 2. The fourth-order valence-corrected chi connectivity index (χ4v) is 3.94. The normalized spacial score (nSPS) is 14.1. The first-order valence-corrected chi connectivity index (χ1v) is 11.4. The van der Waals surface area contributed by atoms with Gasteiger partial charge in [-0.1, -0.05) is 34.8 Å². The number of amides is 2. The average Bonchev–Trinajstić information content (AvgIpc) is 2.79. The molecule has 1 fully saturated rings. The van der Waals surface area contributed by atoms with E-state index >= 15 is 0 Å². The van der Waals surface area contributed by atoms with Gasteiger partial charge >= 0.3 is 6.03 Å². The molecule has 8 nitrogen and oxygen atoms in total. The second kappa shape index (κ2) is 10.4. The Morgan fingerprint density at radius 1 is 0.848 bits per heavy atom. The molecule has 0 radical (unpaired) electrons. The summed E-state index contributed by atoms with van der Waals surface area (Å²) in [6.07, 6.45) is 1.36. The van der Waals surface area contributed by atoms with Gasteiger partial charge in [-0.2, -0.15) is 0 Å². The smallest absolute Gasteiger partial charge is 0.324 e. The molecule has 3 aromatic rings. The molecular formula is C22H22Cl3N7O. The summed E-state index contributed by atoms with van der Waals surface area (Å²) in [5.74, 6) is 0.857. The predicted octanol–water partition coefficient (Wildman–Crippen LogP) is 5.58. The number of rotatable bonds is 5. The molecule has 0 atom stereocenters. The number of hydrogen-bond acceptors (Lipinski definition) is 6. The molecule has 1 aliphatic rings. The van der Waals surface area contributed by atoms with E-state index in [0.29, 0.717) is 22.3 Å². The van der Waals surface area contributed by atoms with Crippen LogP contribution >= 0.6 is 34.8 Å². The number of piperazine rings is 1. The number of urea groups is 1. The van der Waals surface area contributed by atoms with Gasteiger partial charge in [0.05, 0.1) is 20.8 Å². The largest absolute Gasteiger partial charge is 0.369 e. The van der Waals surface area contributed by atoms with Crippen molar-refractivity contribution in [3.63, 3.8) is 0 Å². The first-order valence-electron chi connectivity index (χ1n) is 10.2. The Morgan fingerprint density at radius 2 is 1.52 bits per heavy atom. The fourth-order valence-electron chi connectivity index (χ4n) is 3.35. The van der Waals surface area contributed by atoms with Crippen molar-refractivity contribution < 1.29 is 4.79 Å². The summed E-state index contributed by atoms with van der Waals surface area (Å²) in [7, 11) is 2.14. The number of hydrogen-bond donors (Lipinski definition) is 3. The highest BCUT2D eigenvalue weighted by Gasteiger charge is 2.14. The van der Waals surface area contributed by atoms with Crippen LogP contribution in [-0.2, 0) is 0 Å². The van der Waals surface area contributed by atoms with Gasteiger partial charge in [0.25, 0.3) is 0 Å². The van der Waals surface area contributed by atoms with Gasteiger partial charge in [-0.3, -0.25) is 5.32 Å². The van der Waals surface area contributed by atoms with Gasteiger partial charge in [0, 0.05) is 43.6 Å². The first-order chi connectivity index (χ1) is 15.9. The minimum absolute atomic E-state index is 0.268. The van der Waals surface area contributed by atoms with Crippen molar-refractivity contribution >= 4 is 69.5 Å². The van der Waals surface area contributed by atoms with E-state index in [9.17, 15) is 4.79 Å². The van der Waals surface area contributed by atoms with E-state index in [1.54, 1.807) is 6.07 Å². The Bertz CT molecular complexity index is 1140. The zero-order valence-corrected chi connectivity index (χ0v) is 20.0. The second-order valence-electron chi connectivity index (χ2n) is 7.58. The maximum Gasteiger partial charge on any atom is 0.324 e. The zero-order chi connectivity index (χ0) is 23.4. The van der Waals surface area contributed by atoms with Gasteiger partial charge in [0.2, 0.25) is 0 Å². The van der Waals surface area contributed by atoms with E-state index in [-0.39, 0.29) is 10.0 Å². The highest BCUT2D eigenvalue weighted by Crippen LogP contribution is 2.32. The number of nitrogens with one attached hydrogen (secondary N) is 3. The Balaban J connectivity index is 1.37. The molecule has 4 rings (SSSR count). The number of nitrogens with zero attached hydrogens (tertiary/aromatic N) is 4.